The van der Waals surface area contributed by atoms with Crippen LogP contribution in [0.15, 0.2) is 36.9 Å². The van der Waals surface area contributed by atoms with Crippen LogP contribution in [0.3, 0.4) is 0 Å². The van der Waals surface area contributed by atoms with Crippen LogP contribution in [0.1, 0.15) is 53.9 Å². The number of amides is 2. The third kappa shape index (κ3) is 4.34. The third-order valence-corrected chi connectivity index (χ3v) is 9.30. The van der Waals surface area contributed by atoms with Gasteiger partial charge < -0.3 is 29.6 Å². The second kappa shape index (κ2) is 10.9. The van der Waals surface area contributed by atoms with Gasteiger partial charge in [0.25, 0.3) is 5.91 Å². The molecule has 2 amide bonds. The lowest BCUT2D eigenvalue weighted by Gasteiger charge is -2.40. The Balaban J connectivity index is 1.83. The lowest BCUT2D eigenvalue weighted by Crippen LogP contribution is -2.60. The van der Waals surface area contributed by atoms with E-state index < -0.39 is 47.0 Å². The van der Waals surface area contributed by atoms with Crippen molar-refractivity contribution in [2.24, 2.45) is 17.8 Å². The molecule has 3 saturated heterocycles. The number of carboxylic acids is 1. The van der Waals surface area contributed by atoms with E-state index in [1.807, 2.05) is 45.0 Å². The van der Waals surface area contributed by atoms with E-state index in [1.165, 1.54) is 4.90 Å². The summed E-state index contributed by atoms with van der Waals surface area (Å²) in [7, 11) is 0. The summed E-state index contributed by atoms with van der Waals surface area (Å²) >= 11 is 0. The van der Waals surface area contributed by atoms with Crippen molar-refractivity contribution in [1.29, 1.82) is 0 Å². The fourth-order valence-electron chi connectivity index (χ4n) is 7.32. The highest BCUT2D eigenvalue weighted by atomic mass is 16.5. The first-order valence-electron chi connectivity index (χ1n) is 14.2. The monoisotopic (exact) mass is 541 g/mol. The minimum atomic E-state index is -1.27. The summed E-state index contributed by atoms with van der Waals surface area (Å²) in [6, 6.07) is 6.00. The molecule has 9 heteroatoms. The normalized spacial score (nSPS) is 30.0. The van der Waals surface area contributed by atoms with Crippen molar-refractivity contribution in [2.75, 3.05) is 36.0 Å². The number of carbonyl (C=O) groups excluding carboxylic acids is 2. The van der Waals surface area contributed by atoms with Gasteiger partial charge in [-0.1, -0.05) is 26.8 Å². The van der Waals surface area contributed by atoms with Crippen molar-refractivity contribution < 1.29 is 29.3 Å². The number of hydrogen-bond donors (Lipinski definition) is 2. The zero-order valence-electron chi connectivity index (χ0n) is 23.8. The molecule has 39 heavy (non-hydrogen) atoms. The Hall–Kier alpha value is -2.91. The summed E-state index contributed by atoms with van der Waals surface area (Å²) in [4.78, 5) is 46.6. The van der Waals surface area contributed by atoms with Crippen LogP contribution in [0.25, 0.3) is 0 Å². The molecule has 1 aromatic rings. The highest BCUT2D eigenvalue weighted by molar-refractivity contribution is 6.05. The number of aliphatic carboxylic acids is 1. The van der Waals surface area contributed by atoms with Gasteiger partial charge in [-0.25, -0.2) is 0 Å². The number of hydrogen-bond acceptors (Lipinski definition) is 6. The van der Waals surface area contributed by atoms with Crippen LogP contribution in [0, 0.1) is 17.8 Å². The molecule has 2 bridgehead atoms. The van der Waals surface area contributed by atoms with Gasteiger partial charge in [0.1, 0.15) is 17.6 Å². The molecule has 0 aliphatic carbocycles. The number of likely N-dealkylation sites (tertiary alicyclic amines) is 1. The van der Waals surface area contributed by atoms with Gasteiger partial charge in [0.05, 0.1) is 24.2 Å². The first-order chi connectivity index (χ1) is 18.6. The van der Waals surface area contributed by atoms with E-state index in [0.29, 0.717) is 24.9 Å². The number of benzene rings is 1. The van der Waals surface area contributed by atoms with Gasteiger partial charge in [-0.2, -0.15) is 0 Å². The standard InChI is InChI=1S/C30H43N3O6/c1-7-17-32(21-13-11-20(12-14-21)31(9-3)10-4)27(36)25-30-16-15-29(8-2,39-30)24(28(37)38)23(30)26(35)33(25)22(18-34)19(5)6/h7,11-14,19,22-25,34H,1,8-10,15-18H2,2-6H3,(H,37,38)/t22-,23-,24-,25?,29+,30?/m0/s1. The van der Waals surface area contributed by atoms with E-state index in [9.17, 15) is 24.6 Å². The number of ether oxygens (including phenoxy) is 1. The largest absolute Gasteiger partial charge is 0.481 e. The SMILES string of the molecule is C=CCN(C(=O)C1N([C@@H](CO)C(C)C)C(=O)[C@@H]2[C@@H](C(=O)O)[C@@]3(CC)CCC12O3)c1ccc(N(CC)CC)cc1. The predicted molar refractivity (Wildman–Crippen MR) is 150 cm³/mol. The number of aliphatic hydroxyl groups excluding tert-OH is 1. The molecule has 0 saturated carbocycles. The van der Waals surface area contributed by atoms with E-state index in [1.54, 1.807) is 11.0 Å². The van der Waals surface area contributed by atoms with Gasteiger partial charge >= 0.3 is 5.97 Å². The van der Waals surface area contributed by atoms with Crippen molar-refractivity contribution in [2.45, 2.75) is 77.2 Å². The Morgan fingerprint density at radius 3 is 2.26 bits per heavy atom. The highest BCUT2D eigenvalue weighted by Crippen LogP contribution is 2.64. The van der Waals surface area contributed by atoms with E-state index in [2.05, 4.69) is 25.3 Å². The molecule has 0 aromatic heterocycles. The summed E-state index contributed by atoms with van der Waals surface area (Å²) < 4.78 is 6.64. The molecule has 6 atom stereocenters. The molecule has 3 fully saturated rings. The number of nitrogens with zero attached hydrogens (tertiary/aromatic N) is 3. The third-order valence-electron chi connectivity index (χ3n) is 9.30. The molecule has 0 radical (unpaired) electrons. The topological polar surface area (TPSA) is 111 Å². The number of rotatable bonds is 12. The Bertz CT molecular complexity index is 1100. The predicted octanol–water partition coefficient (Wildman–Crippen LogP) is 3.31. The van der Waals surface area contributed by atoms with Gasteiger partial charge in [0, 0.05) is 31.0 Å². The van der Waals surface area contributed by atoms with Crippen LogP contribution in [0.5, 0.6) is 0 Å². The average Bonchev–Trinajstić information content (AvgIpc) is 3.52. The lowest BCUT2D eigenvalue weighted by molar-refractivity contribution is -0.158. The molecule has 1 aromatic carbocycles. The minimum absolute atomic E-state index is 0.161. The van der Waals surface area contributed by atoms with Crippen LogP contribution in [-0.4, -0.2) is 82.4 Å². The number of anilines is 2. The summed E-state index contributed by atoms with van der Waals surface area (Å²) in [5.74, 6) is -4.04. The van der Waals surface area contributed by atoms with E-state index in [4.69, 9.17) is 4.74 Å². The maximum absolute atomic E-state index is 14.6. The number of fused-ring (bicyclic) bond motifs is 1. The zero-order chi connectivity index (χ0) is 28.7. The van der Waals surface area contributed by atoms with Gasteiger partial charge in [0.2, 0.25) is 5.91 Å². The summed E-state index contributed by atoms with van der Waals surface area (Å²) in [6.07, 6.45) is 2.95. The molecular weight excluding hydrogens is 498 g/mol. The molecule has 214 valence electrons. The van der Waals surface area contributed by atoms with Crippen LogP contribution < -0.4 is 9.80 Å². The Kier molecular flexibility index (Phi) is 8.15. The molecule has 3 aliphatic heterocycles. The second-order valence-corrected chi connectivity index (χ2v) is 11.3. The molecule has 3 heterocycles. The highest BCUT2D eigenvalue weighted by Gasteiger charge is 2.79. The molecule has 3 aliphatic rings. The van der Waals surface area contributed by atoms with Crippen molar-refractivity contribution in [3.05, 3.63) is 36.9 Å². The fourth-order valence-corrected chi connectivity index (χ4v) is 7.32. The summed E-state index contributed by atoms with van der Waals surface area (Å²) in [5, 5.41) is 20.6. The molecule has 1 spiro atoms. The lowest BCUT2D eigenvalue weighted by atomic mass is 9.65. The summed E-state index contributed by atoms with van der Waals surface area (Å²) in [6.45, 7) is 15.2. The quantitative estimate of drug-likeness (QED) is 0.391. The van der Waals surface area contributed by atoms with Crippen molar-refractivity contribution in [3.8, 4) is 0 Å². The van der Waals surface area contributed by atoms with Gasteiger partial charge in [-0.15, -0.1) is 6.58 Å². The van der Waals surface area contributed by atoms with E-state index >= 15 is 0 Å². The van der Waals surface area contributed by atoms with Gasteiger partial charge in [0.15, 0.2) is 0 Å². The molecule has 2 N–H and O–H groups in total. The van der Waals surface area contributed by atoms with Crippen molar-refractivity contribution in [3.63, 3.8) is 0 Å². The first kappa shape index (κ1) is 29.1. The van der Waals surface area contributed by atoms with Crippen molar-refractivity contribution in [1.82, 2.24) is 4.90 Å². The van der Waals surface area contributed by atoms with Gasteiger partial charge in [-0.05, 0) is 63.3 Å². The van der Waals surface area contributed by atoms with Gasteiger partial charge in [-0.3, -0.25) is 14.4 Å². The fraction of sp³-hybridized carbons (Fsp3) is 0.633. The number of carbonyl (C=O) groups is 3. The van der Waals surface area contributed by atoms with Crippen LogP contribution in [-0.2, 0) is 19.1 Å². The summed E-state index contributed by atoms with van der Waals surface area (Å²) in [5.41, 5.74) is -0.562. The second-order valence-electron chi connectivity index (χ2n) is 11.3. The Labute approximate surface area is 231 Å². The molecular formula is C30H43N3O6. The van der Waals surface area contributed by atoms with Crippen LogP contribution in [0.2, 0.25) is 0 Å². The number of aliphatic hydroxyl groups is 1. The van der Waals surface area contributed by atoms with Crippen molar-refractivity contribution >= 4 is 29.2 Å². The number of carboxylic acid groups (broad SMARTS) is 1. The smallest absolute Gasteiger partial charge is 0.310 e. The molecule has 4 rings (SSSR count). The zero-order valence-corrected chi connectivity index (χ0v) is 23.8. The van der Waals surface area contributed by atoms with E-state index in [0.717, 1.165) is 18.8 Å². The minimum Gasteiger partial charge on any atom is -0.481 e. The van der Waals surface area contributed by atoms with Crippen LogP contribution >= 0.6 is 0 Å². The maximum Gasteiger partial charge on any atom is 0.310 e. The first-order valence-corrected chi connectivity index (χ1v) is 14.2. The maximum atomic E-state index is 14.6. The molecule has 2 unspecified atom stereocenters. The Morgan fingerprint density at radius 1 is 1.15 bits per heavy atom. The molecule has 9 nitrogen and oxygen atoms in total. The van der Waals surface area contributed by atoms with E-state index in [-0.39, 0.29) is 25.0 Å². The Morgan fingerprint density at radius 2 is 1.77 bits per heavy atom. The average molecular weight is 542 g/mol. The van der Waals surface area contributed by atoms with Crippen LogP contribution in [0.4, 0.5) is 11.4 Å².